The van der Waals surface area contributed by atoms with E-state index in [1.54, 1.807) is 0 Å². The fourth-order valence-electron chi connectivity index (χ4n) is 6.29. The summed E-state index contributed by atoms with van der Waals surface area (Å²) in [5.74, 6) is -5.63. The average molecular weight is 603 g/mol. The summed E-state index contributed by atoms with van der Waals surface area (Å²) in [4.78, 5) is 55.9. The number of rotatable bonds is 3. The third-order valence-corrected chi connectivity index (χ3v) is 8.70. The molecule has 0 spiro atoms. The monoisotopic (exact) mass is 602 g/mol. The van der Waals surface area contributed by atoms with Crippen molar-refractivity contribution in [1.29, 1.82) is 0 Å². The molecule has 0 radical (unpaired) electrons. The number of fused-ring (bicyclic) bond motifs is 3. The molecule has 6 N–H and O–H groups in total. The first-order valence-electron chi connectivity index (χ1n) is 13.4. The van der Waals surface area contributed by atoms with E-state index in [2.05, 4.69) is 0 Å². The third kappa shape index (κ3) is 3.62. The van der Waals surface area contributed by atoms with E-state index in [0.29, 0.717) is 0 Å². The molecule has 0 aliphatic heterocycles. The minimum absolute atomic E-state index is 0.0950. The number of Topliss-reactive ketones (excluding diaryl/α,β-unsaturated/α-hetero) is 2. The van der Waals surface area contributed by atoms with Gasteiger partial charge in [0, 0.05) is 63.1 Å². The number of hydrogen-bond acceptors (Lipinski definition) is 12. The van der Waals surface area contributed by atoms with Crippen LogP contribution < -0.4 is 9.47 Å². The standard InChI is InChI=1S/C32H26O12/c1-10-5-12-20(29(39)19-13(27(12)37)6-11(43-3)7-15(19)33)24(26(10)36)23-17(44-4)9-16(34)22-25(23)30(40)21-14(28(22)38)8-18(35)32(2,42)31(21)41/h5-7,9,18,31,33-36,41-42H,8H2,1-4H3. The number of carbonyl (C=O) groups is 4. The van der Waals surface area contributed by atoms with E-state index in [-0.39, 0.29) is 44.9 Å². The van der Waals surface area contributed by atoms with Crippen LogP contribution in [0.2, 0.25) is 0 Å². The topological polar surface area (TPSA) is 208 Å². The number of ketones is 4. The number of aromatic hydroxyl groups is 3. The number of aliphatic hydroxyl groups is 3. The predicted molar refractivity (Wildman–Crippen MR) is 151 cm³/mol. The van der Waals surface area contributed by atoms with Crippen molar-refractivity contribution in [1.82, 2.24) is 0 Å². The van der Waals surface area contributed by atoms with E-state index in [9.17, 15) is 49.8 Å². The molecule has 0 heterocycles. The Morgan fingerprint density at radius 3 is 2.00 bits per heavy atom. The van der Waals surface area contributed by atoms with E-state index in [1.807, 2.05) is 0 Å². The Morgan fingerprint density at radius 1 is 0.727 bits per heavy atom. The van der Waals surface area contributed by atoms with Crippen molar-refractivity contribution in [2.45, 2.75) is 38.1 Å². The van der Waals surface area contributed by atoms with E-state index < -0.39 is 92.4 Å². The average Bonchev–Trinajstić information content (AvgIpc) is 2.97. The molecule has 6 rings (SSSR count). The van der Waals surface area contributed by atoms with E-state index in [1.165, 1.54) is 33.3 Å². The fraction of sp³-hybridized carbons (Fsp3) is 0.250. The van der Waals surface area contributed by atoms with Gasteiger partial charge in [0.05, 0.1) is 31.5 Å². The summed E-state index contributed by atoms with van der Waals surface area (Å²) in [6, 6.07) is 4.68. The highest BCUT2D eigenvalue weighted by Gasteiger charge is 2.52. The van der Waals surface area contributed by atoms with Crippen LogP contribution in [0.3, 0.4) is 0 Å². The molecule has 12 nitrogen and oxygen atoms in total. The lowest BCUT2D eigenvalue weighted by atomic mass is 9.68. The number of phenolic OH excluding ortho intramolecular Hbond substituents is 3. The molecular weight excluding hydrogens is 576 g/mol. The summed E-state index contributed by atoms with van der Waals surface area (Å²) in [5.41, 5.74) is -6.02. The Labute approximate surface area is 249 Å². The van der Waals surface area contributed by atoms with Gasteiger partial charge in [-0.15, -0.1) is 0 Å². The van der Waals surface area contributed by atoms with Crippen LogP contribution in [0.4, 0.5) is 0 Å². The van der Waals surface area contributed by atoms with Crippen LogP contribution in [0, 0.1) is 6.92 Å². The summed E-state index contributed by atoms with van der Waals surface area (Å²) in [5, 5.41) is 65.4. The zero-order valence-corrected chi connectivity index (χ0v) is 23.8. The maximum absolute atomic E-state index is 14.2. The van der Waals surface area contributed by atoms with Crippen LogP contribution >= 0.6 is 0 Å². The number of ether oxygens (including phenoxy) is 2. The van der Waals surface area contributed by atoms with Crippen LogP contribution in [-0.2, 0) is 0 Å². The van der Waals surface area contributed by atoms with Crippen LogP contribution in [0.25, 0.3) is 11.1 Å². The molecule has 44 heavy (non-hydrogen) atoms. The van der Waals surface area contributed by atoms with Crippen molar-refractivity contribution < 1.29 is 59.3 Å². The van der Waals surface area contributed by atoms with Gasteiger partial charge in [0.25, 0.3) is 0 Å². The van der Waals surface area contributed by atoms with Gasteiger partial charge in [-0.05, 0) is 31.5 Å². The molecule has 0 saturated heterocycles. The lowest BCUT2D eigenvalue weighted by Crippen LogP contribution is -2.56. The number of hydrogen-bond donors (Lipinski definition) is 6. The predicted octanol–water partition coefficient (Wildman–Crippen LogP) is 2.12. The van der Waals surface area contributed by atoms with Crippen molar-refractivity contribution in [3.8, 4) is 39.9 Å². The summed E-state index contributed by atoms with van der Waals surface area (Å²) in [6.45, 7) is 2.53. The van der Waals surface area contributed by atoms with Crippen molar-refractivity contribution in [3.05, 3.63) is 74.4 Å². The quantitative estimate of drug-likeness (QED) is 0.199. The van der Waals surface area contributed by atoms with Crippen LogP contribution in [0.15, 0.2) is 35.4 Å². The number of phenols is 3. The molecule has 226 valence electrons. The number of methoxy groups -OCH3 is 2. The first-order valence-corrected chi connectivity index (χ1v) is 13.4. The van der Waals surface area contributed by atoms with Crippen LogP contribution in [0.1, 0.15) is 71.5 Å². The van der Waals surface area contributed by atoms with Crippen molar-refractivity contribution in [2.24, 2.45) is 0 Å². The van der Waals surface area contributed by atoms with Gasteiger partial charge in [0.2, 0.25) is 0 Å². The molecule has 0 saturated carbocycles. The first kappa shape index (κ1) is 29.1. The fourth-order valence-corrected chi connectivity index (χ4v) is 6.29. The lowest BCUT2D eigenvalue weighted by molar-refractivity contribution is -0.126. The van der Waals surface area contributed by atoms with Crippen molar-refractivity contribution in [3.63, 3.8) is 0 Å². The Bertz CT molecular complexity index is 1930. The van der Waals surface area contributed by atoms with Gasteiger partial charge < -0.3 is 40.1 Å². The Morgan fingerprint density at radius 2 is 1.36 bits per heavy atom. The van der Waals surface area contributed by atoms with Gasteiger partial charge in [-0.25, -0.2) is 0 Å². The molecule has 3 unspecified atom stereocenters. The summed E-state index contributed by atoms with van der Waals surface area (Å²) < 4.78 is 10.6. The number of benzene rings is 3. The summed E-state index contributed by atoms with van der Waals surface area (Å²) >= 11 is 0. The molecule has 3 aliphatic carbocycles. The van der Waals surface area contributed by atoms with Gasteiger partial charge in [-0.1, -0.05) is 0 Å². The summed E-state index contributed by atoms with van der Waals surface area (Å²) in [7, 11) is 2.48. The highest BCUT2D eigenvalue weighted by atomic mass is 16.5. The first-order chi connectivity index (χ1) is 20.7. The SMILES string of the molecule is COc1cc(O)c2c(c1)C(=O)c1cc(C)c(O)c(-c3c(OC)cc(O)c4c3C(=O)C3=C(CC(O)C(C)(O)C3O)C4=O)c1C2=O. The third-order valence-electron chi connectivity index (χ3n) is 8.70. The van der Waals surface area contributed by atoms with Gasteiger partial charge in [0.1, 0.15) is 40.5 Å². The van der Waals surface area contributed by atoms with E-state index in [0.717, 1.165) is 19.1 Å². The summed E-state index contributed by atoms with van der Waals surface area (Å²) in [6.07, 6.45) is -4.17. The molecule has 0 aromatic heterocycles. The second kappa shape index (κ2) is 9.48. The van der Waals surface area contributed by atoms with E-state index in [4.69, 9.17) is 9.47 Å². The number of aryl methyl sites for hydroxylation is 1. The largest absolute Gasteiger partial charge is 0.507 e. The molecule has 3 aliphatic rings. The van der Waals surface area contributed by atoms with Gasteiger partial charge in [0.15, 0.2) is 23.1 Å². The Balaban J connectivity index is 1.72. The second-order valence-electron chi connectivity index (χ2n) is 11.2. The smallest absolute Gasteiger partial charge is 0.199 e. The zero-order chi connectivity index (χ0) is 32.2. The minimum Gasteiger partial charge on any atom is -0.507 e. The molecule has 3 aromatic rings. The van der Waals surface area contributed by atoms with E-state index >= 15 is 0 Å². The highest BCUT2D eigenvalue weighted by Crippen LogP contribution is 2.52. The van der Waals surface area contributed by atoms with Gasteiger partial charge in [-0.3, -0.25) is 19.2 Å². The number of aliphatic hydroxyl groups excluding tert-OH is 2. The van der Waals surface area contributed by atoms with Crippen molar-refractivity contribution in [2.75, 3.05) is 14.2 Å². The zero-order valence-electron chi connectivity index (χ0n) is 23.8. The molecule has 3 aromatic carbocycles. The second-order valence-corrected chi connectivity index (χ2v) is 11.2. The van der Waals surface area contributed by atoms with Crippen LogP contribution in [0.5, 0.6) is 28.7 Å². The maximum atomic E-state index is 14.2. The molecule has 3 atom stereocenters. The van der Waals surface area contributed by atoms with Gasteiger partial charge in [-0.2, -0.15) is 0 Å². The van der Waals surface area contributed by atoms with Crippen molar-refractivity contribution >= 4 is 23.1 Å². The molecule has 12 heteroatoms. The molecular formula is C32H26O12. The Hall–Kier alpha value is -5.04. The number of carbonyl (C=O) groups excluding carboxylic acids is 4. The molecule has 0 amide bonds. The lowest BCUT2D eigenvalue weighted by Gasteiger charge is -2.41. The maximum Gasteiger partial charge on any atom is 0.199 e. The molecule has 0 fully saturated rings. The van der Waals surface area contributed by atoms with Gasteiger partial charge >= 0.3 is 0 Å². The molecule has 0 bridgehead atoms. The van der Waals surface area contributed by atoms with Crippen LogP contribution in [-0.4, -0.2) is 85.8 Å². The minimum atomic E-state index is -2.23. The normalized spacial score (nSPS) is 22.3. The highest BCUT2D eigenvalue weighted by molar-refractivity contribution is 6.34. The Kier molecular flexibility index (Phi) is 6.26.